The van der Waals surface area contributed by atoms with Crippen molar-refractivity contribution in [3.05, 3.63) is 0 Å². The van der Waals surface area contributed by atoms with Gasteiger partial charge in [0.2, 0.25) is 0 Å². The summed E-state index contributed by atoms with van der Waals surface area (Å²) in [6.45, 7) is 9.07. The molecule has 0 rings (SSSR count). The summed E-state index contributed by atoms with van der Waals surface area (Å²) < 4.78 is 1.45. The maximum atomic E-state index is 3.39. The Hall–Kier alpha value is 0.759. The van der Waals surface area contributed by atoms with Crippen LogP contribution in [-0.2, 0) is 0 Å². The van der Waals surface area contributed by atoms with Gasteiger partial charge < -0.3 is 5.32 Å². The average Bonchev–Trinajstić information content (AvgIpc) is 2.18. The number of nitrogens with one attached hydrogen (secondary N) is 1. The van der Waals surface area contributed by atoms with Crippen molar-refractivity contribution in [3.63, 3.8) is 0 Å². The molecule has 1 nitrogen and oxygen atoms in total. The SMILES string of the molecule is CCCCNCCCC.CC[CH2][SnH]. The number of hydrogen-bond donors (Lipinski definition) is 1. The van der Waals surface area contributed by atoms with Crippen LogP contribution in [0, 0.1) is 0 Å². The van der Waals surface area contributed by atoms with Crippen LogP contribution in [0.25, 0.3) is 0 Å². The Balaban J connectivity index is 0. The standard InChI is InChI=1S/C8H19N.C3H7.Sn.H/c1-3-5-7-9-8-6-4-2;1-3-2;;/h9H,3-8H2,1-2H3;1,3H2,2H3;;. The molecule has 1 N–H and O–H groups in total. The van der Waals surface area contributed by atoms with E-state index in [1.54, 1.807) is 0 Å². The molecule has 0 unspecified atom stereocenters. The molecule has 80 valence electrons. The van der Waals surface area contributed by atoms with Gasteiger partial charge in [0.1, 0.15) is 0 Å². The summed E-state index contributed by atoms with van der Waals surface area (Å²) in [6.07, 6.45) is 6.63. The monoisotopic (exact) mass is 293 g/mol. The molecule has 2 radical (unpaired) electrons. The van der Waals surface area contributed by atoms with Gasteiger partial charge in [-0.1, -0.05) is 26.7 Å². The van der Waals surface area contributed by atoms with Crippen LogP contribution in [0.15, 0.2) is 0 Å². The van der Waals surface area contributed by atoms with Gasteiger partial charge in [-0.05, 0) is 25.9 Å². The Labute approximate surface area is 98.2 Å². The molecule has 0 atom stereocenters. The molecule has 0 spiro atoms. The Bertz CT molecular complexity index is 59.1. The molecule has 0 aromatic carbocycles. The van der Waals surface area contributed by atoms with Gasteiger partial charge in [0.15, 0.2) is 0 Å². The van der Waals surface area contributed by atoms with Gasteiger partial charge in [-0.3, -0.25) is 0 Å². The Morgan fingerprint density at radius 1 is 0.846 bits per heavy atom. The first kappa shape index (κ1) is 16.2. The summed E-state index contributed by atoms with van der Waals surface area (Å²) in [4.78, 5) is 0. The predicted octanol–water partition coefficient (Wildman–Crippen LogP) is 2.89. The quantitative estimate of drug-likeness (QED) is 0.562. The van der Waals surface area contributed by atoms with Crippen molar-refractivity contribution in [2.24, 2.45) is 0 Å². The molecule has 0 aliphatic rings. The zero-order valence-electron chi connectivity index (χ0n) is 9.73. The Morgan fingerprint density at radius 2 is 1.23 bits per heavy atom. The molecule has 0 aliphatic carbocycles. The molecule has 13 heavy (non-hydrogen) atoms. The van der Waals surface area contributed by atoms with Crippen molar-refractivity contribution in [2.75, 3.05) is 13.1 Å². The van der Waals surface area contributed by atoms with Crippen LogP contribution in [0.2, 0.25) is 4.44 Å². The third-order valence-corrected chi connectivity index (χ3v) is 3.35. The molecule has 0 aromatic heterocycles. The fraction of sp³-hybridized carbons (Fsp3) is 1.00. The first-order valence-corrected chi connectivity index (χ1v) is 8.07. The second-order valence-electron chi connectivity index (χ2n) is 3.25. The predicted molar refractivity (Wildman–Crippen MR) is 64.9 cm³/mol. The molecular weight excluding hydrogens is 265 g/mol. The maximum absolute atomic E-state index is 3.39. The summed E-state index contributed by atoms with van der Waals surface area (Å²) in [5.41, 5.74) is 0. The normalized spacial score (nSPS) is 9.23. The van der Waals surface area contributed by atoms with Crippen molar-refractivity contribution >= 4 is 22.5 Å². The third-order valence-electron chi connectivity index (χ3n) is 1.70. The molecule has 0 aliphatic heterocycles. The summed E-state index contributed by atoms with van der Waals surface area (Å²) in [7, 11) is 0. The van der Waals surface area contributed by atoms with Gasteiger partial charge in [0, 0.05) is 0 Å². The molecule has 0 amide bonds. The van der Waals surface area contributed by atoms with Crippen molar-refractivity contribution in [3.8, 4) is 0 Å². The summed E-state index contributed by atoms with van der Waals surface area (Å²) in [6, 6.07) is 0. The van der Waals surface area contributed by atoms with Gasteiger partial charge >= 0.3 is 40.3 Å². The van der Waals surface area contributed by atoms with E-state index in [9.17, 15) is 0 Å². The van der Waals surface area contributed by atoms with E-state index in [1.807, 2.05) is 0 Å². The zero-order valence-corrected chi connectivity index (χ0v) is 13.0. The van der Waals surface area contributed by atoms with Crippen LogP contribution >= 0.6 is 0 Å². The molecule has 0 aromatic rings. The molecule has 0 saturated carbocycles. The van der Waals surface area contributed by atoms with Crippen LogP contribution in [0.3, 0.4) is 0 Å². The van der Waals surface area contributed by atoms with E-state index in [-0.39, 0.29) is 0 Å². The van der Waals surface area contributed by atoms with E-state index < -0.39 is 0 Å². The first-order chi connectivity index (χ1) is 6.33. The Morgan fingerprint density at radius 3 is 1.46 bits per heavy atom. The first-order valence-electron chi connectivity index (χ1n) is 5.74. The Kier molecular flexibility index (Phi) is 23.1. The minimum absolute atomic E-state index is 1.20. The van der Waals surface area contributed by atoms with Crippen molar-refractivity contribution in [2.45, 2.75) is 57.3 Å². The molecule has 2 heteroatoms. The molecule has 0 heterocycles. The van der Waals surface area contributed by atoms with Crippen LogP contribution < -0.4 is 5.32 Å². The van der Waals surface area contributed by atoms with E-state index >= 15 is 0 Å². The fourth-order valence-corrected chi connectivity index (χ4v) is 0.729. The average molecular weight is 292 g/mol. The van der Waals surface area contributed by atoms with Crippen LogP contribution in [-0.4, -0.2) is 35.6 Å². The van der Waals surface area contributed by atoms with Crippen molar-refractivity contribution in [1.82, 2.24) is 5.32 Å². The van der Waals surface area contributed by atoms with Gasteiger partial charge in [-0.25, -0.2) is 0 Å². The number of unbranched alkanes of at least 4 members (excludes halogenated alkanes) is 2. The van der Waals surface area contributed by atoms with E-state index in [2.05, 4.69) is 26.1 Å². The minimum atomic E-state index is 1.20. The van der Waals surface area contributed by atoms with Gasteiger partial charge in [-0.15, -0.1) is 0 Å². The molecule has 0 saturated heterocycles. The van der Waals surface area contributed by atoms with Gasteiger partial charge in [0.25, 0.3) is 0 Å². The van der Waals surface area contributed by atoms with E-state index in [4.69, 9.17) is 0 Å². The van der Waals surface area contributed by atoms with Crippen LogP contribution in [0.5, 0.6) is 0 Å². The fourth-order valence-electron chi connectivity index (χ4n) is 0.729. The van der Waals surface area contributed by atoms with E-state index in [1.165, 1.54) is 72.2 Å². The summed E-state index contributed by atoms with van der Waals surface area (Å²) >= 11 is 1.44. The second kappa shape index (κ2) is 18.5. The van der Waals surface area contributed by atoms with Gasteiger partial charge in [-0.2, -0.15) is 0 Å². The van der Waals surface area contributed by atoms with E-state index in [0.29, 0.717) is 0 Å². The molecule has 0 fully saturated rings. The van der Waals surface area contributed by atoms with Gasteiger partial charge in [0.05, 0.1) is 0 Å². The third kappa shape index (κ3) is 24.5. The molecular formula is C11H27NSn. The zero-order chi connectivity index (χ0) is 10.4. The van der Waals surface area contributed by atoms with Crippen LogP contribution in [0.1, 0.15) is 52.9 Å². The van der Waals surface area contributed by atoms with Crippen molar-refractivity contribution < 1.29 is 0 Å². The number of rotatable bonds is 7. The van der Waals surface area contributed by atoms with E-state index in [0.717, 1.165) is 0 Å². The molecule has 0 bridgehead atoms. The topological polar surface area (TPSA) is 12.0 Å². The van der Waals surface area contributed by atoms with Crippen LogP contribution in [0.4, 0.5) is 0 Å². The second-order valence-corrected chi connectivity index (χ2v) is 4.89. The van der Waals surface area contributed by atoms with Crippen molar-refractivity contribution in [1.29, 1.82) is 0 Å². The summed E-state index contributed by atoms with van der Waals surface area (Å²) in [5.74, 6) is 0. The summed E-state index contributed by atoms with van der Waals surface area (Å²) in [5, 5.41) is 3.39. The number of hydrogen-bond acceptors (Lipinski definition) is 1.